The highest BCUT2D eigenvalue weighted by Crippen LogP contribution is 2.29. The summed E-state index contributed by atoms with van der Waals surface area (Å²) in [5, 5.41) is 9.62. The van der Waals surface area contributed by atoms with E-state index < -0.39 is 10.0 Å². The smallest absolute Gasteiger partial charge is 0.273 e. The van der Waals surface area contributed by atoms with Gasteiger partial charge in [-0.15, -0.1) is 0 Å². The molecule has 0 fully saturated rings. The van der Waals surface area contributed by atoms with Crippen LogP contribution in [0.3, 0.4) is 0 Å². The molecule has 3 aromatic rings. The summed E-state index contributed by atoms with van der Waals surface area (Å²) in [6.45, 7) is 3.91. The molecular weight excluding hydrogens is 392 g/mol. The number of anilines is 1. The van der Waals surface area contributed by atoms with Gasteiger partial charge in [0.15, 0.2) is 0 Å². The normalized spacial score (nSPS) is 11.3. The van der Waals surface area contributed by atoms with E-state index in [1.165, 1.54) is 13.2 Å². The second-order valence-electron chi connectivity index (χ2n) is 6.35. The number of hydrogen-bond donors (Lipinski definition) is 3. The molecule has 0 saturated carbocycles. The fraction of sp³-hybridized carbons (Fsp3) is 0.200. The first kappa shape index (κ1) is 20.6. The number of carbonyl (C=O) groups is 1. The average Bonchev–Trinajstić information content (AvgIpc) is 3.19. The van der Waals surface area contributed by atoms with Gasteiger partial charge in [0.2, 0.25) is 10.0 Å². The number of H-pyrrole nitrogens is 1. The lowest BCUT2D eigenvalue weighted by Crippen LogP contribution is -2.23. The van der Waals surface area contributed by atoms with Crippen LogP contribution in [0.5, 0.6) is 5.75 Å². The van der Waals surface area contributed by atoms with Gasteiger partial charge in [0.05, 0.1) is 12.8 Å². The number of aromatic amines is 1. The van der Waals surface area contributed by atoms with Crippen LogP contribution in [0.2, 0.25) is 0 Å². The highest BCUT2D eigenvalue weighted by molar-refractivity contribution is 7.89. The molecular formula is C20H22N4O4S. The van der Waals surface area contributed by atoms with Crippen molar-refractivity contribution in [3.63, 3.8) is 0 Å². The minimum Gasteiger partial charge on any atom is -0.495 e. The van der Waals surface area contributed by atoms with Gasteiger partial charge in [-0.3, -0.25) is 9.89 Å². The SMILES string of the molecule is CCNS(=O)(=O)c1cc(-c2cc(C(=O)Nc3ccc(C)cc3)[nH]n2)ccc1OC. The van der Waals surface area contributed by atoms with Crippen molar-refractivity contribution < 1.29 is 17.9 Å². The maximum Gasteiger partial charge on any atom is 0.273 e. The molecule has 152 valence electrons. The molecule has 3 rings (SSSR count). The van der Waals surface area contributed by atoms with Crippen LogP contribution in [0.4, 0.5) is 5.69 Å². The number of nitrogens with zero attached hydrogens (tertiary/aromatic N) is 1. The monoisotopic (exact) mass is 414 g/mol. The van der Waals surface area contributed by atoms with Gasteiger partial charge in [-0.1, -0.05) is 24.6 Å². The van der Waals surface area contributed by atoms with E-state index in [0.717, 1.165) is 5.56 Å². The summed E-state index contributed by atoms with van der Waals surface area (Å²) in [7, 11) is -2.32. The number of rotatable bonds is 7. The molecule has 0 spiro atoms. The fourth-order valence-electron chi connectivity index (χ4n) is 2.74. The van der Waals surface area contributed by atoms with Gasteiger partial charge in [-0.25, -0.2) is 13.1 Å². The lowest BCUT2D eigenvalue weighted by molar-refractivity contribution is 0.102. The van der Waals surface area contributed by atoms with Crippen molar-refractivity contribution in [1.29, 1.82) is 0 Å². The number of ether oxygens (including phenoxy) is 1. The van der Waals surface area contributed by atoms with Crippen LogP contribution in [0, 0.1) is 6.92 Å². The number of nitrogens with one attached hydrogen (secondary N) is 3. The maximum atomic E-state index is 12.5. The zero-order valence-corrected chi connectivity index (χ0v) is 17.1. The number of aromatic nitrogens is 2. The fourth-order valence-corrected chi connectivity index (χ4v) is 3.97. The molecule has 0 bridgehead atoms. The summed E-state index contributed by atoms with van der Waals surface area (Å²) < 4.78 is 32.5. The van der Waals surface area contributed by atoms with Crippen molar-refractivity contribution in [2.24, 2.45) is 0 Å². The maximum absolute atomic E-state index is 12.5. The molecule has 0 aliphatic carbocycles. The first-order valence-corrected chi connectivity index (χ1v) is 10.4. The Hall–Kier alpha value is -3.17. The van der Waals surface area contributed by atoms with E-state index in [9.17, 15) is 13.2 Å². The third-order valence-electron chi connectivity index (χ3n) is 4.22. The highest BCUT2D eigenvalue weighted by atomic mass is 32.2. The standard InChI is InChI=1S/C20H22N4O4S/c1-4-21-29(26,27)19-11-14(7-10-18(19)28-3)16-12-17(24-23-16)20(25)22-15-8-5-13(2)6-9-15/h5-12,21H,4H2,1-3H3,(H,22,25)(H,23,24). The highest BCUT2D eigenvalue weighted by Gasteiger charge is 2.20. The second kappa shape index (κ2) is 8.46. The van der Waals surface area contributed by atoms with Crippen molar-refractivity contribution in [1.82, 2.24) is 14.9 Å². The molecule has 0 radical (unpaired) electrons. The van der Waals surface area contributed by atoms with Crippen LogP contribution in [0.15, 0.2) is 53.4 Å². The summed E-state index contributed by atoms with van der Waals surface area (Å²) in [5.41, 5.74) is 2.99. The lowest BCUT2D eigenvalue weighted by Gasteiger charge is -2.11. The molecule has 1 heterocycles. The van der Waals surface area contributed by atoms with Gasteiger partial charge in [0, 0.05) is 17.8 Å². The number of benzene rings is 2. The molecule has 1 amide bonds. The van der Waals surface area contributed by atoms with E-state index in [1.807, 2.05) is 31.2 Å². The van der Waals surface area contributed by atoms with Gasteiger partial charge in [0.1, 0.15) is 16.3 Å². The minimum atomic E-state index is -3.73. The first-order valence-electron chi connectivity index (χ1n) is 8.95. The van der Waals surface area contributed by atoms with Crippen molar-refractivity contribution in [2.45, 2.75) is 18.7 Å². The predicted molar refractivity (Wildman–Crippen MR) is 111 cm³/mol. The molecule has 3 N–H and O–H groups in total. The van der Waals surface area contributed by atoms with Gasteiger partial charge in [-0.05, 0) is 43.3 Å². The van der Waals surface area contributed by atoms with Gasteiger partial charge in [0.25, 0.3) is 5.91 Å². The Morgan fingerprint density at radius 3 is 2.52 bits per heavy atom. The van der Waals surface area contributed by atoms with Crippen molar-refractivity contribution in [3.05, 3.63) is 59.8 Å². The van der Waals surface area contributed by atoms with Crippen LogP contribution in [0.25, 0.3) is 11.3 Å². The van der Waals surface area contributed by atoms with Gasteiger partial charge >= 0.3 is 0 Å². The molecule has 0 aliphatic heterocycles. The number of amides is 1. The van der Waals surface area contributed by atoms with Crippen molar-refractivity contribution >= 4 is 21.6 Å². The summed E-state index contributed by atoms with van der Waals surface area (Å²) in [6, 6.07) is 13.7. The number of sulfonamides is 1. The molecule has 2 aromatic carbocycles. The zero-order chi connectivity index (χ0) is 21.0. The quantitative estimate of drug-likeness (QED) is 0.550. The third kappa shape index (κ3) is 4.64. The Morgan fingerprint density at radius 2 is 1.86 bits per heavy atom. The van der Waals surface area contributed by atoms with Crippen LogP contribution in [-0.2, 0) is 10.0 Å². The minimum absolute atomic E-state index is 0.00741. The second-order valence-corrected chi connectivity index (χ2v) is 8.09. The van der Waals surface area contributed by atoms with E-state index in [0.29, 0.717) is 16.9 Å². The Labute approximate surface area is 169 Å². The van der Waals surface area contributed by atoms with Crippen LogP contribution in [-0.4, -0.2) is 38.2 Å². The van der Waals surface area contributed by atoms with E-state index in [-0.39, 0.29) is 28.8 Å². The predicted octanol–water partition coefficient (Wildman–Crippen LogP) is 2.94. The molecule has 0 unspecified atom stereocenters. The topological polar surface area (TPSA) is 113 Å². The van der Waals surface area contributed by atoms with Gasteiger partial charge in [-0.2, -0.15) is 5.10 Å². The third-order valence-corrected chi connectivity index (χ3v) is 5.78. The number of hydrogen-bond acceptors (Lipinski definition) is 5. The summed E-state index contributed by atoms with van der Waals surface area (Å²) in [6.07, 6.45) is 0. The van der Waals surface area contributed by atoms with E-state index in [2.05, 4.69) is 20.2 Å². The van der Waals surface area contributed by atoms with E-state index >= 15 is 0 Å². The number of methoxy groups -OCH3 is 1. The Morgan fingerprint density at radius 1 is 1.14 bits per heavy atom. The van der Waals surface area contributed by atoms with Crippen LogP contribution in [0.1, 0.15) is 23.0 Å². The average molecular weight is 414 g/mol. The van der Waals surface area contributed by atoms with Gasteiger partial charge < -0.3 is 10.1 Å². The van der Waals surface area contributed by atoms with Crippen molar-refractivity contribution in [3.8, 4) is 17.0 Å². The molecule has 9 heteroatoms. The van der Waals surface area contributed by atoms with Crippen LogP contribution >= 0.6 is 0 Å². The van der Waals surface area contributed by atoms with Crippen LogP contribution < -0.4 is 14.8 Å². The number of aryl methyl sites for hydroxylation is 1. The summed E-state index contributed by atoms with van der Waals surface area (Å²) in [5.74, 6) is -0.121. The molecule has 0 aliphatic rings. The molecule has 8 nitrogen and oxygen atoms in total. The molecule has 29 heavy (non-hydrogen) atoms. The Bertz CT molecular complexity index is 1120. The van der Waals surface area contributed by atoms with E-state index in [4.69, 9.17) is 4.74 Å². The zero-order valence-electron chi connectivity index (χ0n) is 16.3. The molecule has 0 atom stereocenters. The first-order chi connectivity index (χ1) is 13.8. The Kier molecular flexibility index (Phi) is 6.00. The van der Waals surface area contributed by atoms with Crippen molar-refractivity contribution in [2.75, 3.05) is 19.0 Å². The number of carbonyl (C=O) groups excluding carboxylic acids is 1. The summed E-state index contributed by atoms with van der Waals surface area (Å²) >= 11 is 0. The largest absolute Gasteiger partial charge is 0.495 e. The Balaban J connectivity index is 1.88. The molecule has 0 saturated heterocycles. The lowest BCUT2D eigenvalue weighted by atomic mass is 10.1. The van der Waals surface area contributed by atoms with E-state index in [1.54, 1.807) is 25.1 Å². The molecule has 1 aromatic heterocycles. The summed E-state index contributed by atoms with van der Waals surface area (Å²) in [4.78, 5) is 12.5.